The number of nitrogens with two attached hydrogens (primary N) is 1. The lowest BCUT2D eigenvalue weighted by Gasteiger charge is -2.24. The monoisotopic (exact) mass is 780 g/mol. The zero-order valence-electron chi connectivity index (χ0n) is 30.9. The number of hydrogen-bond donors (Lipinski definition) is 4. The Bertz CT molecular complexity index is 2360. The molecule has 5 aromatic rings. The van der Waals surface area contributed by atoms with Crippen LogP contribution in [0, 0.1) is 0 Å². The number of carbonyl (C=O) groups is 4. The fraction of sp³-hybridized carbons (Fsp3) is 0.268. The molecule has 0 saturated heterocycles. The molecular weight excluding hydrogens is 739 g/mol. The molecule has 5 N–H and O–H groups in total. The number of benzene rings is 4. The molecular formula is C41H41N4O10P. The molecule has 1 aliphatic heterocycles. The van der Waals surface area contributed by atoms with E-state index in [9.17, 15) is 28.6 Å². The Morgan fingerprint density at radius 3 is 2.25 bits per heavy atom. The van der Waals surface area contributed by atoms with Crippen LogP contribution in [0.25, 0.3) is 22.0 Å². The van der Waals surface area contributed by atoms with Crippen LogP contribution >= 0.6 is 7.82 Å². The molecule has 1 unspecified atom stereocenters. The Labute approximate surface area is 322 Å². The standard InChI is InChI=1S/C41H41N4O10P/c1-41(2,3)54-40(49)45-21-25(27-10-8-9-15-35(27)45)20-33(37(42)46)43-38(47)34(19-24-16-17-36-26(18-24)22-53-56(50,51)55-36)44-39(48)52-23-32-30-13-6-4-11-28(30)29-12-5-7-14-31(29)32/h4-18,21,32-34H,19-20,22-23H2,1-3H3,(H2,42,46)(H,43,47)(H,44,48)(H,50,51)/t33-,34-/m0/s1. The van der Waals surface area contributed by atoms with Gasteiger partial charge in [0.1, 0.15) is 30.0 Å². The van der Waals surface area contributed by atoms with E-state index in [1.54, 1.807) is 63.4 Å². The highest BCUT2D eigenvalue weighted by Crippen LogP contribution is 2.50. The van der Waals surface area contributed by atoms with Crippen molar-refractivity contribution in [2.75, 3.05) is 6.61 Å². The van der Waals surface area contributed by atoms with Gasteiger partial charge in [0.25, 0.3) is 0 Å². The van der Waals surface area contributed by atoms with Crippen LogP contribution in [-0.2, 0) is 47.6 Å². The highest BCUT2D eigenvalue weighted by Gasteiger charge is 2.33. The van der Waals surface area contributed by atoms with Gasteiger partial charge in [-0.3, -0.25) is 23.6 Å². The molecule has 0 fully saturated rings. The predicted molar refractivity (Wildman–Crippen MR) is 206 cm³/mol. The second-order valence-corrected chi connectivity index (χ2v) is 16.1. The van der Waals surface area contributed by atoms with Crippen LogP contribution in [0.3, 0.4) is 0 Å². The van der Waals surface area contributed by atoms with Crippen LogP contribution in [-0.4, -0.2) is 57.8 Å². The first-order valence-corrected chi connectivity index (χ1v) is 19.5. The third-order valence-corrected chi connectivity index (χ3v) is 10.5. The summed E-state index contributed by atoms with van der Waals surface area (Å²) >= 11 is 0. The number of primary amides is 1. The largest absolute Gasteiger partial charge is 0.527 e. The number of hydrogen-bond acceptors (Lipinski definition) is 9. The molecule has 3 amide bonds. The Balaban J connectivity index is 1.12. The lowest BCUT2D eigenvalue weighted by molar-refractivity contribution is -0.128. The normalized spacial score (nSPS) is 17.1. The molecule has 15 heteroatoms. The Kier molecular flexibility index (Phi) is 10.5. The molecule has 0 spiro atoms. The molecule has 56 heavy (non-hydrogen) atoms. The van der Waals surface area contributed by atoms with Gasteiger partial charge in [0.2, 0.25) is 11.8 Å². The number of amides is 3. The lowest BCUT2D eigenvalue weighted by atomic mass is 9.98. The number of nitrogens with one attached hydrogen (secondary N) is 2. The zero-order valence-corrected chi connectivity index (χ0v) is 31.8. The Morgan fingerprint density at radius 2 is 1.57 bits per heavy atom. The van der Waals surface area contributed by atoms with E-state index in [1.165, 1.54) is 10.6 Å². The summed E-state index contributed by atoms with van der Waals surface area (Å²) in [6.07, 6.45) is -0.0909. The predicted octanol–water partition coefficient (Wildman–Crippen LogP) is 6.10. The van der Waals surface area contributed by atoms with Crippen molar-refractivity contribution < 1.29 is 47.2 Å². The van der Waals surface area contributed by atoms with Gasteiger partial charge in [0.05, 0.1) is 12.1 Å². The van der Waals surface area contributed by atoms with Crippen LogP contribution in [0.15, 0.2) is 97.2 Å². The minimum Gasteiger partial charge on any atom is -0.449 e. The number of rotatable bonds is 10. The highest BCUT2D eigenvalue weighted by molar-refractivity contribution is 7.47. The van der Waals surface area contributed by atoms with Crippen LogP contribution < -0.4 is 20.9 Å². The number of nitrogens with zero attached hydrogens (tertiary/aromatic N) is 1. The average molecular weight is 781 g/mol. The number of alkyl carbamates (subject to hydrolysis) is 1. The van der Waals surface area contributed by atoms with Crippen LogP contribution in [0.2, 0.25) is 0 Å². The van der Waals surface area contributed by atoms with E-state index < -0.39 is 49.5 Å². The van der Waals surface area contributed by atoms with Crippen molar-refractivity contribution >= 4 is 42.7 Å². The number of carbonyl (C=O) groups excluding carboxylic acids is 4. The first-order chi connectivity index (χ1) is 26.7. The maximum Gasteiger partial charge on any atom is 0.527 e. The van der Waals surface area contributed by atoms with Gasteiger partial charge in [0, 0.05) is 35.9 Å². The van der Waals surface area contributed by atoms with Crippen LogP contribution in [0.1, 0.15) is 54.5 Å². The molecule has 1 aliphatic carbocycles. The first kappa shape index (κ1) is 38.3. The van der Waals surface area contributed by atoms with E-state index in [4.69, 9.17) is 24.3 Å². The van der Waals surface area contributed by atoms with Gasteiger partial charge in [-0.05, 0) is 72.4 Å². The number of phosphoric ester groups is 1. The Hall–Kier alpha value is -5.95. The van der Waals surface area contributed by atoms with Crippen molar-refractivity contribution in [1.82, 2.24) is 15.2 Å². The second-order valence-electron chi connectivity index (χ2n) is 14.7. The second kappa shape index (κ2) is 15.3. The van der Waals surface area contributed by atoms with Gasteiger partial charge < -0.3 is 30.4 Å². The SMILES string of the molecule is CC(C)(C)OC(=O)n1cc(C[C@H](NC(=O)[C@H](Cc2ccc3c(c2)COP(=O)(O)O3)NC(=O)OCC2c3ccccc3-c3ccccc32)C(N)=O)c2ccccc21. The fourth-order valence-corrected chi connectivity index (χ4v) is 7.86. The Morgan fingerprint density at radius 1 is 0.911 bits per heavy atom. The smallest absolute Gasteiger partial charge is 0.449 e. The number of phosphoric acid groups is 1. The summed E-state index contributed by atoms with van der Waals surface area (Å²) in [6, 6.07) is 25.0. The van der Waals surface area contributed by atoms with E-state index in [-0.39, 0.29) is 37.7 Å². The number of fused-ring (bicyclic) bond motifs is 5. The average Bonchev–Trinajstić information content (AvgIpc) is 3.68. The van der Waals surface area contributed by atoms with E-state index in [1.807, 2.05) is 48.5 Å². The molecule has 290 valence electrons. The quantitative estimate of drug-likeness (QED) is 0.120. The first-order valence-electron chi connectivity index (χ1n) is 18.0. The third kappa shape index (κ3) is 8.32. The number of aromatic nitrogens is 1. The zero-order chi connectivity index (χ0) is 39.8. The van der Waals surface area contributed by atoms with Crippen LogP contribution in [0.5, 0.6) is 5.75 Å². The van der Waals surface area contributed by atoms with Gasteiger partial charge in [-0.1, -0.05) is 72.8 Å². The van der Waals surface area contributed by atoms with E-state index in [2.05, 4.69) is 10.6 Å². The van der Waals surface area contributed by atoms with E-state index >= 15 is 0 Å². The van der Waals surface area contributed by atoms with E-state index in [0.29, 0.717) is 27.6 Å². The molecule has 2 aliphatic rings. The van der Waals surface area contributed by atoms with Crippen LogP contribution in [0.4, 0.5) is 9.59 Å². The maximum absolute atomic E-state index is 14.1. The molecule has 3 atom stereocenters. The maximum atomic E-state index is 14.1. The minimum atomic E-state index is -4.25. The van der Waals surface area contributed by atoms with Gasteiger partial charge >= 0.3 is 20.0 Å². The lowest BCUT2D eigenvalue weighted by Crippen LogP contribution is -2.54. The van der Waals surface area contributed by atoms with Gasteiger partial charge in [0.15, 0.2) is 0 Å². The third-order valence-electron chi connectivity index (χ3n) is 9.58. The van der Waals surface area contributed by atoms with Crippen molar-refractivity contribution in [3.8, 4) is 16.9 Å². The summed E-state index contributed by atoms with van der Waals surface area (Å²) in [7, 11) is -4.25. The summed E-state index contributed by atoms with van der Waals surface area (Å²) in [5, 5.41) is 6.02. The van der Waals surface area contributed by atoms with Crippen molar-refractivity contribution in [1.29, 1.82) is 0 Å². The topological polar surface area (TPSA) is 198 Å². The van der Waals surface area contributed by atoms with Crippen molar-refractivity contribution in [3.63, 3.8) is 0 Å². The summed E-state index contributed by atoms with van der Waals surface area (Å²) < 4.78 is 34.6. The summed E-state index contributed by atoms with van der Waals surface area (Å²) in [5.41, 5.74) is 11.3. The molecule has 2 heterocycles. The van der Waals surface area contributed by atoms with E-state index in [0.717, 1.165) is 22.3 Å². The fourth-order valence-electron chi connectivity index (χ4n) is 7.08. The molecule has 4 aromatic carbocycles. The van der Waals surface area contributed by atoms with Gasteiger partial charge in [-0.2, -0.15) is 0 Å². The van der Waals surface area contributed by atoms with Crippen molar-refractivity contribution in [2.24, 2.45) is 5.73 Å². The minimum absolute atomic E-state index is 0.00540. The molecule has 0 bridgehead atoms. The van der Waals surface area contributed by atoms with Crippen molar-refractivity contribution in [3.05, 3.63) is 125 Å². The molecule has 0 saturated carbocycles. The molecule has 7 rings (SSSR count). The molecule has 14 nitrogen and oxygen atoms in total. The summed E-state index contributed by atoms with van der Waals surface area (Å²) in [4.78, 5) is 63.4. The summed E-state index contributed by atoms with van der Waals surface area (Å²) in [5.74, 6) is -1.66. The molecule has 1 aromatic heterocycles. The van der Waals surface area contributed by atoms with Gasteiger partial charge in [-0.25, -0.2) is 14.2 Å². The number of ether oxygens (including phenoxy) is 2. The summed E-state index contributed by atoms with van der Waals surface area (Å²) in [6.45, 7) is 5.04. The van der Waals surface area contributed by atoms with Gasteiger partial charge in [-0.15, -0.1) is 0 Å². The number of para-hydroxylation sites is 1. The highest BCUT2D eigenvalue weighted by atomic mass is 31.2. The molecule has 0 radical (unpaired) electrons. The van der Waals surface area contributed by atoms with Crippen molar-refractivity contribution in [2.45, 2.75) is 63.8 Å².